The lowest BCUT2D eigenvalue weighted by Crippen LogP contribution is -2.52. The number of rotatable bonds is 4. The summed E-state index contributed by atoms with van der Waals surface area (Å²) in [5, 5.41) is 18.1. The third kappa shape index (κ3) is 4.08. The van der Waals surface area contributed by atoms with Crippen LogP contribution in [0.15, 0.2) is 0 Å². The molecule has 0 aliphatic carbocycles. The number of hydrogen-bond donors (Lipinski definition) is 2. The molecule has 0 spiro atoms. The predicted octanol–water partition coefficient (Wildman–Crippen LogP) is 1.20. The summed E-state index contributed by atoms with van der Waals surface area (Å²) in [7, 11) is 0. The van der Waals surface area contributed by atoms with Crippen LogP contribution in [0.4, 0.5) is 4.79 Å². The number of aliphatic hydroxyl groups excluding tert-OH is 1. The van der Waals surface area contributed by atoms with E-state index in [0.717, 1.165) is 0 Å². The summed E-state index contributed by atoms with van der Waals surface area (Å²) in [4.78, 5) is 24.3. The lowest BCUT2D eigenvalue weighted by Gasteiger charge is -2.36. The van der Waals surface area contributed by atoms with Gasteiger partial charge in [0.05, 0.1) is 19.3 Å². The van der Waals surface area contributed by atoms with Crippen molar-refractivity contribution in [2.75, 3.05) is 13.2 Å². The number of ether oxygens (including phenoxy) is 2. The van der Waals surface area contributed by atoms with Gasteiger partial charge in [-0.05, 0) is 27.7 Å². The second-order valence-corrected chi connectivity index (χ2v) is 6.07. The van der Waals surface area contributed by atoms with Gasteiger partial charge in [-0.1, -0.05) is 0 Å². The van der Waals surface area contributed by atoms with E-state index in [1.54, 1.807) is 27.7 Å². The Hall–Kier alpha value is -1.34. The molecule has 0 aromatic carbocycles. The van der Waals surface area contributed by atoms with Crippen molar-refractivity contribution in [1.82, 2.24) is 4.90 Å². The van der Waals surface area contributed by atoms with Crippen LogP contribution >= 0.6 is 0 Å². The van der Waals surface area contributed by atoms with Crippen LogP contribution in [0.5, 0.6) is 0 Å². The first-order valence-electron chi connectivity index (χ1n) is 6.58. The summed E-state index contributed by atoms with van der Waals surface area (Å²) >= 11 is 0. The highest BCUT2D eigenvalue weighted by Gasteiger charge is 2.48. The van der Waals surface area contributed by atoms with Crippen LogP contribution in [0.3, 0.4) is 0 Å². The molecule has 116 valence electrons. The van der Waals surface area contributed by atoms with Gasteiger partial charge in [-0.3, -0.25) is 9.69 Å². The van der Waals surface area contributed by atoms with E-state index < -0.39 is 29.4 Å². The molecule has 7 heteroatoms. The first kappa shape index (κ1) is 16.7. The molecule has 0 bridgehead atoms. The van der Waals surface area contributed by atoms with Crippen LogP contribution in [0, 0.1) is 0 Å². The summed E-state index contributed by atoms with van der Waals surface area (Å²) in [5.74, 6) is -0.966. The molecule has 1 fully saturated rings. The Labute approximate surface area is 118 Å². The topological polar surface area (TPSA) is 96.3 Å². The summed E-state index contributed by atoms with van der Waals surface area (Å²) in [6, 6.07) is -0.524. The quantitative estimate of drug-likeness (QED) is 0.807. The van der Waals surface area contributed by atoms with E-state index in [2.05, 4.69) is 0 Å². The van der Waals surface area contributed by atoms with E-state index in [4.69, 9.17) is 14.6 Å². The highest BCUT2D eigenvalue weighted by atomic mass is 16.6. The fourth-order valence-electron chi connectivity index (χ4n) is 2.13. The van der Waals surface area contributed by atoms with Crippen molar-refractivity contribution >= 4 is 12.1 Å². The Kier molecular flexibility index (Phi) is 4.99. The van der Waals surface area contributed by atoms with Gasteiger partial charge in [0.1, 0.15) is 11.3 Å². The number of carboxylic acid groups (broad SMARTS) is 1. The minimum Gasteiger partial charge on any atom is -0.481 e. The zero-order valence-electron chi connectivity index (χ0n) is 12.4. The number of aliphatic carboxylic acids is 1. The number of amides is 1. The van der Waals surface area contributed by atoms with Gasteiger partial charge in [0.15, 0.2) is 0 Å². The van der Waals surface area contributed by atoms with Gasteiger partial charge >= 0.3 is 12.1 Å². The maximum absolute atomic E-state index is 12.3. The van der Waals surface area contributed by atoms with E-state index in [1.165, 1.54) is 4.90 Å². The Morgan fingerprint density at radius 1 is 1.45 bits per heavy atom. The normalized spacial score (nSPS) is 26.6. The van der Waals surface area contributed by atoms with E-state index in [-0.39, 0.29) is 26.1 Å². The number of nitrogens with zero attached hydrogens (tertiary/aromatic N) is 1. The van der Waals surface area contributed by atoms with Gasteiger partial charge in [-0.15, -0.1) is 0 Å². The van der Waals surface area contributed by atoms with Gasteiger partial charge in [-0.25, -0.2) is 4.79 Å². The Morgan fingerprint density at radius 3 is 2.50 bits per heavy atom. The fourth-order valence-corrected chi connectivity index (χ4v) is 2.13. The number of aliphatic hydroxyl groups is 1. The molecule has 1 rings (SSSR count). The molecular formula is C13H23NO6. The van der Waals surface area contributed by atoms with Crippen LogP contribution in [0.2, 0.25) is 0 Å². The van der Waals surface area contributed by atoms with Gasteiger partial charge < -0.3 is 19.7 Å². The molecule has 0 radical (unpaired) electrons. The van der Waals surface area contributed by atoms with Gasteiger partial charge in [0.2, 0.25) is 0 Å². The molecule has 0 aromatic heterocycles. The largest absolute Gasteiger partial charge is 0.481 e. The second-order valence-electron chi connectivity index (χ2n) is 6.07. The first-order chi connectivity index (χ1) is 9.09. The molecule has 0 aromatic rings. The number of carboxylic acids is 1. The third-order valence-corrected chi connectivity index (χ3v) is 3.07. The standard InChI is InChI=1S/C13H23NO6/c1-12(2,3)20-11(18)14-9(7-15)8-19-13(14,4)6-5-10(16)17/h9,15H,5-8H2,1-4H3,(H,16,17)/t9-,13-/m1/s1. The molecule has 7 nitrogen and oxygen atoms in total. The summed E-state index contributed by atoms with van der Waals surface area (Å²) < 4.78 is 10.8. The third-order valence-electron chi connectivity index (χ3n) is 3.07. The Balaban J connectivity index is 2.88. The molecule has 2 atom stereocenters. The van der Waals surface area contributed by atoms with E-state index in [9.17, 15) is 14.7 Å². The average molecular weight is 289 g/mol. The van der Waals surface area contributed by atoms with Crippen molar-refractivity contribution < 1.29 is 29.3 Å². The highest BCUT2D eigenvalue weighted by molar-refractivity contribution is 5.70. The molecule has 1 aliphatic heterocycles. The average Bonchev–Trinajstić information content (AvgIpc) is 2.62. The molecule has 1 heterocycles. The van der Waals surface area contributed by atoms with Crippen molar-refractivity contribution in [3.63, 3.8) is 0 Å². The maximum atomic E-state index is 12.3. The van der Waals surface area contributed by atoms with E-state index >= 15 is 0 Å². The minimum absolute atomic E-state index is 0.131. The SMILES string of the molecule is CC(C)(C)OC(=O)N1[C@H](CO)CO[C@]1(C)CCC(=O)O. The molecule has 1 amide bonds. The summed E-state index contributed by atoms with van der Waals surface area (Å²) in [6.45, 7) is 6.75. The molecular weight excluding hydrogens is 266 g/mol. The van der Waals surface area contributed by atoms with Gasteiger partial charge in [-0.2, -0.15) is 0 Å². The summed E-state index contributed by atoms with van der Waals surface area (Å²) in [5.41, 5.74) is -1.75. The minimum atomic E-state index is -1.08. The van der Waals surface area contributed by atoms with Crippen molar-refractivity contribution in [3.8, 4) is 0 Å². The van der Waals surface area contributed by atoms with E-state index in [0.29, 0.717) is 0 Å². The maximum Gasteiger partial charge on any atom is 0.412 e. The Bertz CT molecular complexity index is 378. The molecule has 0 unspecified atom stereocenters. The van der Waals surface area contributed by atoms with E-state index in [1.807, 2.05) is 0 Å². The van der Waals surface area contributed by atoms with Gasteiger partial charge in [0.25, 0.3) is 0 Å². The molecule has 0 saturated carbocycles. The van der Waals surface area contributed by atoms with Crippen LogP contribution in [0.1, 0.15) is 40.5 Å². The van der Waals surface area contributed by atoms with Crippen LogP contribution < -0.4 is 0 Å². The lowest BCUT2D eigenvalue weighted by molar-refractivity contribution is -0.140. The van der Waals surface area contributed by atoms with Crippen LogP contribution in [0.25, 0.3) is 0 Å². The lowest BCUT2D eigenvalue weighted by atomic mass is 10.1. The van der Waals surface area contributed by atoms with Crippen molar-refractivity contribution in [2.45, 2.75) is 57.9 Å². The zero-order valence-corrected chi connectivity index (χ0v) is 12.4. The zero-order chi connectivity index (χ0) is 15.6. The van der Waals surface area contributed by atoms with Crippen molar-refractivity contribution in [3.05, 3.63) is 0 Å². The fraction of sp³-hybridized carbons (Fsp3) is 0.846. The molecule has 1 aliphatic rings. The first-order valence-corrected chi connectivity index (χ1v) is 6.58. The van der Waals surface area contributed by atoms with Crippen molar-refractivity contribution in [2.24, 2.45) is 0 Å². The van der Waals surface area contributed by atoms with Crippen LogP contribution in [-0.2, 0) is 14.3 Å². The highest BCUT2D eigenvalue weighted by Crippen LogP contribution is 2.33. The molecule has 20 heavy (non-hydrogen) atoms. The number of carbonyl (C=O) groups is 2. The summed E-state index contributed by atoms with van der Waals surface area (Å²) in [6.07, 6.45) is -0.603. The van der Waals surface area contributed by atoms with Crippen molar-refractivity contribution in [1.29, 1.82) is 0 Å². The van der Waals surface area contributed by atoms with Gasteiger partial charge in [0, 0.05) is 12.8 Å². The van der Waals surface area contributed by atoms with Crippen LogP contribution in [-0.4, -0.2) is 57.8 Å². The number of hydrogen-bond acceptors (Lipinski definition) is 5. The number of carbonyl (C=O) groups excluding carboxylic acids is 1. The Morgan fingerprint density at radius 2 is 2.05 bits per heavy atom. The molecule has 1 saturated heterocycles. The predicted molar refractivity (Wildman–Crippen MR) is 70.2 cm³/mol. The monoisotopic (exact) mass is 289 g/mol. The second kappa shape index (κ2) is 5.97. The molecule has 2 N–H and O–H groups in total. The smallest absolute Gasteiger partial charge is 0.412 e.